The molecule has 0 unspecified atom stereocenters. The summed E-state index contributed by atoms with van der Waals surface area (Å²) in [6.07, 6.45) is 2.86. The third kappa shape index (κ3) is 6.05. The number of alkyl halides is 3. The van der Waals surface area contributed by atoms with Crippen LogP contribution in [-0.2, 0) is 14.4 Å². The minimum absolute atomic E-state index is 0.150. The molecular formula is C24H33F3N4O4. The van der Waals surface area contributed by atoms with Crippen LogP contribution in [0.15, 0.2) is 24.4 Å². The number of fused-ring (bicyclic) bond motifs is 1. The van der Waals surface area contributed by atoms with Crippen molar-refractivity contribution >= 4 is 23.6 Å². The van der Waals surface area contributed by atoms with E-state index in [0.717, 1.165) is 44.6 Å². The molecule has 11 heteroatoms. The van der Waals surface area contributed by atoms with Gasteiger partial charge in [0.05, 0.1) is 5.41 Å². The maximum atomic E-state index is 13.3. The van der Waals surface area contributed by atoms with Crippen molar-refractivity contribution in [1.29, 1.82) is 0 Å². The molecule has 35 heavy (non-hydrogen) atoms. The molecule has 2 saturated heterocycles. The molecule has 0 spiro atoms. The highest BCUT2D eigenvalue weighted by Crippen LogP contribution is 2.45. The number of pyridine rings is 1. The van der Waals surface area contributed by atoms with Gasteiger partial charge in [-0.05, 0) is 37.8 Å². The Morgan fingerprint density at radius 1 is 1.11 bits per heavy atom. The van der Waals surface area contributed by atoms with E-state index in [4.69, 9.17) is 9.90 Å². The van der Waals surface area contributed by atoms with Crippen LogP contribution >= 0.6 is 0 Å². The predicted molar refractivity (Wildman–Crippen MR) is 123 cm³/mol. The Balaban J connectivity index is 0.000000429. The summed E-state index contributed by atoms with van der Waals surface area (Å²) in [5.41, 5.74) is -0.425. The lowest BCUT2D eigenvalue weighted by molar-refractivity contribution is -0.192. The fraction of sp³-hybridized carbons (Fsp3) is 0.667. The van der Waals surface area contributed by atoms with Crippen molar-refractivity contribution < 1.29 is 32.7 Å². The number of halogens is 3. The summed E-state index contributed by atoms with van der Waals surface area (Å²) < 4.78 is 31.7. The first-order valence-electron chi connectivity index (χ1n) is 11.9. The number of amides is 2. The molecule has 1 aliphatic carbocycles. The Bertz CT molecular complexity index is 906. The number of anilines is 1. The van der Waals surface area contributed by atoms with E-state index in [-0.39, 0.29) is 17.7 Å². The zero-order chi connectivity index (χ0) is 25.8. The molecule has 8 nitrogen and oxygen atoms in total. The number of rotatable bonds is 3. The molecule has 0 radical (unpaired) electrons. The highest BCUT2D eigenvalue weighted by Gasteiger charge is 2.54. The van der Waals surface area contributed by atoms with Gasteiger partial charge in [-0.15, -0.1) is 0 Å². The molecule has 0 aromatic carbocycles. The van der Waals surface area contributed by atoms with E-state index in [1.54, 1.807) is 11.1 Å². The second-order valence-electron chi connectivity index (χ2n) is 9.79. The average molecular weight is 499 g/mol. The van der Waals surface area contributed by atoms with Gasteiger partial charge >= 0.3 is 12.1 Å². The number of carbonyl (C=O) groups excluding carboxylic acids is 2. The van der Waals surface area contributed by atoms with E-state index >= 15 is 0 Å². The SMILES string of the molecule is CN(C)C(=O)[C@]12CCCN(C(=O)C3CCCC3)C[C@H]1CN(c1ccccn1)C2.O=C(O)C(F)(F)F. The number of likely N-dealkylation sites (tertiary alicyclic amines) is 1. The number of carboxylic acids is 1. The van der Waals surface area contributed by atoms with Crippen LogP contribution in [0.3, 0.4) is 0 Å². The van der Waals surface area contributed by atoms with Gasteiger partial charge in [0.1, 0.15) is 5.82 Å². The van der Waals surface area contributed by atoms with E-state index < -0.39 is 17.6 Å². The zero-order valence-corrected chi connectivity index (χ0v) is 20.1. The van der Waals surface area contributed by atoms with Gasteiger partial charge in [-0.1, -0.05) is 18.9 Å². The fourth-order valence-corrected chi connectivity index (χ4v) is 5.57. The molecule has 194 valence electrons. The molecule has 1 saturated carbocycles. The summed E-state index contributed by atoms with van der Waals surface area (Å²) in [7, 11) is 3.70. The van der Waals surface area contributed by atoms with Crippen molar-refractivity contribution in [2.75, 3.05) is 45.2 Å². The van der Waals surface area contributed by atoms with Gasteiger partial charge in [-0.25, -0.2) is 9.78 Å². The first-order valence-corrected chi connectivity index (χ1v) is 11.9. The summed E-state index contributed by atoms with van der Waals surface area (Å²) >= 11 is 0. The quantitative estimate of drug-likeness (QED) is 0.689. The molecule has 1 aromatic heterocycles. The molecule has 1 aromatic rings. The summed E-state index contributed by atoms with van der Waals surface area (Å²) in [5.74, 6) is -0.960. The van der Waals surface area contributed by atoms with E-state index in [9.17, 15) is 22.8 Å². The van der Waals surface area contributed by atoms with Crippen LogP contribution in [-0.4, -0.2) is 84.1 Å². The number of hydrogen-bond donors (Lipinski definition) is 1. The normalized spacial score (nSPS) is 24.8. The lowest BCUT2D eigenvalue weighted by Gasteiger charge is -2.34. The topological polar surface area (TPSA) is 94.1 Å². The monoisotopic (exact) mass is 498 g/mol. The maximum absolute atomic E-state index is 13.3. The number of carbonyl (C=O) groups is 3. The molecule has 3 fully saturated rings. The highest BCUT2D eigenvalue weighted by atomic mass is 19.4. The maximum Gasteiger partial charge on any atom is 0.490 e. The lowest BCUT2D eigenvalue weighted by atomic mass is 9.74. The van der Waals surface area contributed by atoms with E-state index in [1.165, 1.54) is 12.8 Å². The standard InChI is InChI=1S/C22H32N4O2.C2HF3O2/c1-24(2)21(28)22-11-7-13-25(20(27)17-8-3-4-9-17)14-18(22)15-26(16-22)19-10-5-6-12-23-19;3-2(4,5)1(6)7/h5-6,10,12,17-18H,3-4,7-9,11,13-16H2,1-2H3;(H,6,7)/t18-,22-;/m0./s1. The van der Waals surface area contributed by atoms with Crippen molar-refractivity contribution in [1.82, 2.24) is 14.8 Å². The molecule has 3 heterocycles. The summed E-state index contributed by atoms with van der Waals surface area (Å²) in [5, 5.41) is 7.12. The fourth-order valence-electron chi connectivity index (χ4n) is 5.57. The van der Waals surface area contributed by atoms with Crippen LogP contribution in [0.25, 0.3) is 0 Å². The Labute approximate surface area is 203 Å². The third-order valence-electron chi connectivity index (χ3n) is 7.25. The van der Waals surface area contributed by atoms with Crippen LogP contribution < -0.4 is 4.90 Å². The van der Waals surface area contributed by atoms with Crippen molar-refractivity contribution in [3.05, 3.63) is 24.4 Å². The molecule has 1 N–H and O–H groups in total. The number of aliphatic carboxylic acids is 1. The van der Waals surface area contributed by atoms with E-state index in [0.29, 0.717) is 19.0 Å². The van der Waals surface area contributed by atoms with Gasteiger partial charge in [0.2, 0.25) is 11.8 Å². The van der Waals surface area contributed by atoms with E-state index in [1.807, 2.05) is 32.3 Å². The minimum Gasteiger partial charge on any atom is -0.475 e. The van der Waals surface area contributed by atoms with Crippen LogP contribution in [0.2, 0.25) is 0 Å². The zero-order valence-electron chi connectivity index (χ0n) is 20.1. The minimum atomic E-state index is -5.08. The number of carboxylic acid groups (broad SMARTS) is 1. The molecular weight excluding hydrogens is 465 g/mol. The molecule has 3 aliphatic rings. The Hall–Kier alpha value is -2.85. The van der Waals surface area contributed by atoms with E-state index in [2.05, 4.69) is 14.8 Å². The van der Waals surface area contributed by atoms with Crippen molar-refractivity contribution in [2.45, 2.75) is 44.7 Å². The smallest absolute Gasteiger partial charge is 0.475 e. The van der Waals surface area contributed by atoms with Gasteiger partial charge in [-0.2, -0.15) is 13.2 Å². The molecule has 2 aliphatic heterocycles. The third-order valence-corrected chi connectivity index (χ3v) is 7.25. The molecule has 2 atom stereocenters. The average Bonchev–Trinajstić information content (AvgIpc) is 3.44. The van der Waals surface area contributed by atoms with Gasteiger partial charge in [-0.3, -0.25) is 9.59 Å². The van der Waals surface area contributed by atoms with Crippen molar-refractivity contribution in [3.8, 4) is 0 Å². The van der Waals surface area contributed by atoms with Gasteiger partial charge in [0.25, 0.3) is 0 Å². The summed E-state index contributed by atoms with van der Waals surface area (Å²) in [6, 6.07) is 5.92. The molecule has 0 bridgehead atoms. The molecule has 2 amide bonds. The first kappa shape index (κ1) is 26.7. The Morgan fingerprint density at radius 3 is 2.31 bits per heavy atom. The molecule has 4 rings (SSSR count). The number of aromatic nitrogens is 1. The summed E-state index contributed by atoms with van der Waals surface area (Å²) in [4.78, 5) is 45.9. The van der Waals surface area contributed by atoms with Gasteiger partial charge in [0, 0.05) is 58.3 Å². The van der Waals surface area contributed by atoms with Crippen molar-refractivity contribution in [3.63, 3.8) is 0 Å². The van der Waals surface area contributed by atoms with Crippen LogP contribution in [0, 0.1) is 17.3 Å². The second-order valence-corrected chi connectivity index (χ2v) is 9.79. The second kappa shape index (κ2) is 10.8. The Morgan fingerprint density at radius 2 is 1.77 bits per heavy atom. The number of hydrogen-bond acceptors (Lipinski definition) is 5. The van der Waals surface area contributed by atoms with Crippen LogP contribution in [0.1, 0.15) is 38.5 Å². The van der Waals surface area contributed by atoms with Crippen molar-refractivity contribution in [2.24, 2.45) is 17.3 Å². The lowest BCUT2D eigenvalue weighted by Crippen LogP contribution is -2.48. The highest BCUT2D eigenvalue weighted by molar-refractivity contribution is 5.85. The van der Waals surface area contributed by atoms with Gasteiger partial charge < -0.3 is 19.8 Å². The number of nitrogens with zero attached hydrogens (tertiary/aromatic N) is 4. The largest absolute Gasteiger partial charge is 0.490 e. The Kier molecular flexibility index (Phi) is 8.27. The predicted octanol–water partition coefficient (Wildman–Crippen LogP) is 3.04. The summed E-state index contributed by atoms with van der Waals surface area (Å²) in [6.45, 7) is 2.96. The van der Waals surface area contributed by atoms with Crippen LogP contribution in [0.5, 0.6) is 0 Å². The van der Waals surface area contributed by atoms with Gasteiger partial charge in [0.15, 0.2) is 0 Å². The first-order chi connectivity index (χ1) is 16.5. The van der Waals surface area contributed by atoms with Crippen LogP contribution in [0.4, 0.5) is 19.0 Å².